The van der Waals surface area contributed by atoms with Crippen molar-refractivity contribution in [3.63, 3.8) is 0 Å². The second-order valence-corrected chi connectivity index (χ2v) is 5.81. The lowest BCUT2D eigenvalue weighted by molar-refractivity contribution is -0.139. The molecule has 1 N–H and O–H groups in total. The molecule has 134 valence electrons. The van der Waals surface area contributed by atoms with Crippen LogP contribution < -0.4 is 5.32 Å². The van der Waals surface area contributed by atoms with E-state index >= 15 is 0 Å². The molecule has 0 radical (unpaired) electrons. The van der Waals surface area contributed by atoms with Crippen LogP contribution in [0.15, 0.2) is 12.2 Å². The maximum atomic E-state index is 11.4. The lowest BCUT2D eigenvalue weighted by Gasteiger charge is -2.07. The zero-order valence-corrected chi connectivity index (χ0v) is 14.8. The number of ether oxygens (including phenoxy) is 2. The highest BCUT2D eigenvalue weighted by Crippen LogP contribution is 2.09. The molecule has 5 nitrogen and oxygen atoms in total. The van der Waals surface area contributed by atoms with E-state index in [1.54, 1.807) is 6.92 Å². The normalized spacial score (nSPS) is 10.2. The van der Waals surface area contributed by atoms with Crippen molar-refractivity contribution in [3.05, 3.63) is 12.2 Å². The average Bonchev–Trinajstić information content (AvgIpc) is 2.53. The van der Waals surface area contributed by atoms with Gasteiger partial charge >= 0.3 is 12.1 Å². The first-order valence-electron chi connectivity index (χ1n) is 8.81. The molecule has 0 aromatic heterocycles. The smallest absolute Gasteiger partial charge is 0.407 e. The molecule has 0 fully saturated rings. The van der Waals surface area contributed by atoms with E-state index in [0.29, 0.717) is 12.1 Å². The van der Waals surface area contributed by atoms with Gasteiger partial charge in [-0.1, -0.05) is 64.9 Å². The molecule has 0 saturated carbocycles. The van der Waals surface area contributed by atoms with Gasteiger partial charge in [0.05, 0.1) is 0 Å². The number of hydrogen-bond acceptors (Lipinski definition) is 4. The summed E-state index contributed by atoms with van der Waals surface area (Å²) in [5.74, 6) is -0.469. The van der Waals surface area contributed by atoms with Crippen molar-refractivity contribution in [3.8, 4) is 0 Å². The Balaban J connectivity index is 3.27. The summed E-state index contributed by atoms with van der Waals surface area (Å²) in [5, 5.41) is 2.69. The zero-order valence-electron chi connectivity index (χ0n) is 14.8. The van der Waals surface area contributed by atoms with Gasteiger partial charge in [0.25, 0.3) is 0 Å². The number of amides is 1. The van der Waals surface area contributed by atoms with E-state index in [4.69, 9.17) is 9.47 Å². The SMILES string of the molecule is C=C(C)C(=O)OCCOC(=O)NCCCCCCCCCCC. The minimum Gasteiger partial charge on any atom is -0.459 e. The van der Waals surface area contributed by atoms with E-state index in [1.807, 2.05) is 0 Å². The van der Waals surface area contributed by atoms with Gasteiger partial charge in [-0.25, -0.2) is 9.59 Å². The summed E-state index contributed by atoms with van der Waals surface area (Å²) in [4.78, 5) is 22.4. The molecule has 23 heavy (non-hydrogen) atoms. The van der Waals surface area contributed by atoms with Gasteiger partial charge in [-0.15, -0.1) is 0 Å². The monoisotopic (exact) mass is 327 g/mol. The highest BCUT2D eigenvalue weighted by atomic mass is 16.6. The second-order valence-electron chi connectivity index (χ2n) is 5.81. The third-order valence-corrected chi connectivity index (χ3v) is 3.45. The maximum Gasteiger partial charge on any atom is 0.407 e. The summed E-state index contributed by atoms with van der Waals surface area (Å²) in [5.41, 5.74) is 0.333. The lowest BCUT2D eigenvalue weighted by atomic mass is 10.1. The molecule has 0 aliphatic rings. The van der Waals surface area contributed by atoms with Crippen LogP contribution in [-0.4, -0.2) is 31.8 Å². The number of unbranched alkanes of at least 4 members (excludes halogenated alkanes) is 8. The summed E-state index contributed by atoms with van der Waals surface area (Å²) < 4.78 is 9.71. The van der Waals surface area contributed by atoms with Gasteiger partial charge in [0.2, 0.25) is 0 Å². The summed E-state index contributed by atoms with van der Waals surface area (Å²) in [6, 6.07) is 0. The van der Waals surface area contributed by atoms with E-state index in [1.165, 1.54) is 44.9 Å². The van der Waals surface area contributed by atoms with Gasteiger partial charge in [-0.3, -0.25) is 0 Å². The fourth-order valence-electron chi connectivity index (χ4n) is 2.07. The first-order chi connectivity index (χ1) is 11.1. The van der Waals surface area contributed by atoms with Crippen LogP contribution in [0.1, 0.15) is 71.6 Å². The van der Waals surface area contributed by atoms with Gasteiger partial charge in [0.1, 0.15) is 13.2 Å². The molecule has 0 bridgehead atoms. The first kappa shape index (κ1) is 21.5. The summed E-state index contributed by atoms with van der Waals surface area (Å²) in [6.07, 6.45) is 10.8. The molecule has 0 aliphatic heterocycles. The third-order valence-electron chi connectivity index (χ3n) is 3.45. The summed E-state index contributed by atoms with van der Waals surface area (Å²) in [7, 11) is 0. The summed E-state index contributed by atoms with van der Waals surface area (Å²) in [6.45, 7) is 8.00. The van der Waals surface area contributed by atoms with E-state index in [-0.39, 0.29) is 13.2 Å². The van der Waals surface area contributed by atoms with Gasteiger partial charge in [0, 0.05) is 12.1 Å². The van der Waals surface area contributed by atoms with E-state index in [0.717, 1.165) is 12.8 Å². The van der Waals surface area contributed by atoms with Crippen LogP contribution in [-0.2, 0) is 14.3 Å². The Morgan fingerprint density at radius 1 is 0.870 bits per heavy atom. The van der Waals surface area contributed by atoms with Crippen LogP contribution in [0.5, 0.6) is 0 Å². The first-order valence-corrected chi connectivity index (χ1v) is 8.81. The van der Waals surface area contributed by atoms with Crippen LogP contribution in [0.4, 0.5) is 4.79 Å². The Morgan fingerprint density at radius 3 is 1.96 bits per heavy atom. The zero-order chi connectivity index (χ0) is 17.3. The average molecular weight is 327 g/mol. The number of rotatable bonds is 14. The molecule has 0 unspecified atom stereocenters. The van der Waals surface area contributed by atoms with Crippen molar-refractivity contribution < 1.29 is 19.1 Å². The van der Waals surface area contributed by atoms with Crippen molar-refractivity contribution in [2.45, 2.75) is 71.6 Å². The van der Waals surface area contributed by atoms with Crippen LogP contribution in [0.25, 0.3) is 0 Å². The van der Waals surface area contributed by atoms with Crippen molar-refractivity contribution in [1.82, 2.24) is 5.32 Å². The predicted octanol–water partition coefficient (Wildman–Crippen LogP) is 4.36. The lowest BCUT2D eigenvalue weighted by Crippen LogP contribution is -2.26. The van der Waals surface area contributed by atoms with Crippen molar-refractivity contribution in [2.24, 2.45) is 0 Å². The topological polar surface area (TPSA) is 64.6 Å². The predicted molar refractivity (Wildman–Crippen MR) is 92.4 cm³/mol. The minimum atomic E-state index is -0.469. The van der Waals surface area contributed by atoms with E-state index in [9.17, 15) is 9.59 Å². The molecule has 0 atom stereocenters. The van der Waals surface area contributed by atoms with Crippen molar-refractivity contribution in [1.29, 1.82) is 0 Å². The number of carbonyl (C=O) groups is 2. The fourth-order valence-corrected chi connectivity index (χ4v) is 2.07. The third kappa shape index (κ3) is 15.2. The molecule has 0 aliphatic carbocycles. The number of hydrogen-bond donors (Lipinski definition) is 1. The quantitative estimate of drug-likeness (QED) is 0.292. The van der Waals surface area contributed by atoms with Crippen molar-refractivity contribution in [2.75, 3.05) is 19.8 Å². The minimum absolute atomic E-state index is 0.0527. The highest BCUT2D eigenvalue weighted by Gasteiger charge is 2.04. The number of nitrogens with one attached hydrogen (secondary N) is 1. The Kier molecular flexibility index (Phi) is 14.4. The van der Waals surface area contributed by atoms with Crippen LogP contribution in [0.3, 0.4) is 0 Å². The van der Waals surface area contributed by atoms with Gasteiger partial charge in [-0.2, -0.15) is 0 Å². The number of esters is 1. The molecular weight excluding hydrogens is 294 g/mol. The molecular formula is C18H33NO4. The van der Waals surface area contributed by atoms with Gasteiger partial charge < -0.3 is 14.8 Å². The molecule has 0 heterocycles. The Morgan fingerprint density at radius 2 is 1.39 bits per heavy atom. The number of alkyl carbamates (subject to hydrolysis) is 1. The highest BCUT2D eigenvalue weighted by molar-refractivity contribution is 5.86. The second kappa shape index (κ2) is 15.4. The molecule has 1 amide bonds. The molecule has 0 aromatic carbocycles. The molecule has 0 spiro atoms. The van der Waals surface area contributed by atoms with Crippen LogP contribution >= 0.6 is 0 Å². The van der Waals surface area contributed by atoms with Gasteiger partial charge in [-0.05, 0) is 13.3 Å². The van der Waals surface area contributed by atoms with E-state index in [2.05, 4.69) is 18.8 Å². The van der Waals surface area contributed by atoms with Gasteiger partial charge in [0.15, 0.2) is 0 Å². The largest absolute Gasteiger partial charge is 0.459 e. The Labute approximate surface area is 140 Å². The summed E-state index contributed by atoms with van der Waals surface area (Å²) >= 11 is 0. The van der Waals surface area contributed by atoms with Crippen LogP contribution in [0.2, 0.25) is 0 Å². The van der Waals surface area contributed by atoms with E-state index < -0.39 is 12.1 Å². The van der Waals surface area contributed by atoms with Crippen molar-refractivity contribution >= 4 is 12.1 Å². The molecule has 5 heteroatoms. The maximum absolute atomic E-state index is 11.4. The Bertz CT molecular complexity index is 342. The standard InChI is InChI=1S/C18H33NO4/c1-4-5-6-7-8-9-10-11-12-13-19-18(21)23-15-14-22-17(20)16(2)3/h2,4-15H2,1,3H3,(H,19,21). The molecule has 0 saturated heterocycles. The van der Waals surface area contributed by atoms with Crippen LogP contribution in [0, 0.1) is 0 Å². The Hall–Kier alpha value is -1.52. The fraction of sp³-hybridized carbons (Fsp3) is 0.778. The number of carbonyl (C=O) groups excluding carboxylic acids is 2. The molecule has 0 aromatic rings. The molecule has 0 rings (SSSR count).